The normalized spacial score (nSPS) is 17.8. The predicted molar refractivity (Wildman–Crippen MR) is 99.3 cm³/mol. The van der Waals surface area contributed by atoms with Crippen molar-refractivity contribution in [2.45, 2.75) is 5.66 Å². The molecule has 0 bridgehead atoms. The van der Waals surface area contributed by atoms with Crippen LogP contribution in [0.3, 0.4) is 0 Å². The fraction of sp³-hybridized carbons (Fsp3) is 0.111. The Bertz CT molecular complexity index is 1100. The number of nitrogens with zero attached hydrogens (tertiary/aromatic N) is 3. The van der Waals surface area contributed by atoms with E-state index in [0.29, 0.717) is 22.8 Å². The summed E-state index contributed by atoms with van der Waals surface area (Å²) in [6.45, 7) is 0. The van der Waals surface area contributed by atoms with Crippen LogP contribution in [0.2, 0.25) is 0 Å². The third-order valence-corrected chi connectivity index (χ3v) is 4.34. The number of aromatic amines is 1. The predicted octanol–water partition coefficient (Wildman–Crippen LogP) is 0.752. The van der Waals surface area contributed by atoms with Crippen LogP contribution in [0, 0.1) is 0 Å². The van der Waals surface area contributed by atoms with Crippen LogP contribution < -0.4 is 21.5 Å². The molecule has 0 aliphatic carbocycles. The first-order valence-electron chi connectivity index (χ1n) is 8.10. The number of aromatic nitrogens is 3. The molecule has 0 saturated carbocycles. The highest BCUT2D eigenvalue weighted by molar-refractivity contribution is 5.97. The number of nitrogens with two attached hydrogens (primary N) is 1. The molecule has 3 aromatic rings. The number of pyridine rings is 1. The second kappa shape index (κ2) is 6.13. The number of fused-ring (bicyclic) bond motifs is 1. The molecule has 3 heterocycles. The highest BCUT2D eigenvalue weighted by Gasteiger charge is 2.44. The average Bonchev–Trinajstić information content (AvgIpc) is 3.03. The first-order valence-corrected chi connectivity index (χ1v) is 8.10. The zero-order valence-corrected chi connectivity index (χ0v) is 14.3. The van der Waals surface area contributed by atoms with E-state index in [1.165, 1.54) is 24.1 Å². The number of amides is 1. The van der Waals surface area contributed by atoms with E-state index in [-0.39, 0.29) is 11.6 Å². The summed E-state index contributed by atoms with van der Waals surface area (Å²) in [7, 11) is 1.44. The fourth-order valence-corrected chi connectivity index (χ4v) is 3.08. The topological polar surface area (TPSA) is 127 Å². The lowest BCUT2D eigenvalue weighted by molar-refractivity contribution is -0.122. The minimum atomic E-state index is -1.67. The number of carbonyl (C=O) groups is 1. The Balaban J connectivity index is 1.93. The Kier molecular flexibility index (Phi) is 3.76. The van der Waals surface area contributed by atoms with Crippen molar-refractivity contribution in [2.24, 2.45) is 10.7 Å². The molecule has 1 aromatic carbocycles. The van der Waals surface area contributed by atoms with Crippen molar-refractivity contribution in [3.63, 3.8) is 0 Å². The second-order valence-corrected chi connectivity index (χ2v) is 5.88. The third kappa shape index (κ3) is 2.48. The van der Waals surface area contributed by atoms with Gasteiger partial charge in [0.05, 0.1) is 24.6 Å². The molecule has 4 rings (SSSR count). The molecule has 27 heavy (non-hydrogen) atoms. The van der Waals surface area contributed by atoms with Gasteiger partial charge in [-0.15, -0.1) is 0 Å². The number of methoxy groups -OCH3 is 1. The van der Waals surface area contributed by atoms with Gasteiger partial charge in [0.25, 0.3) is 5.91 Å². The molecular weight excluding hydrogens is 348 g/mol. The van der Waals surface area contributed by atoms with E-state index in [2.05, 4.69) is 20.3 Å². The number of anilines is 1. The largest absolute Gasteiger partial charge is 0.481 e. The van der Waals surface area contributed by atoms with Crippen LogP contribution in [0.5, 0.6) is 5.88 Å². The van der Waals surface area contributed by atoms with Crippen LogP contribution in [0.4, 0.5) is 5.82 Å². The number of benzene rings is 1. The number of imidazole rings is 1. The van der Waals surface area contributed by atoms with Crippen molar-refractivity contribution in [3.05, 3.63) is 70.4 Å². The molecule has 1 amide bonds. The van der Waals surface area contributed by atoms with E-state index in [4.69, 9.17) is 10.5 Å². The minimum Gasteiger partial charge on any atom is -0.481 e. The van der Waals surface area contributed by atoms with Crippen molar-refractivity contribution < 1.29 is 9.53 Å². The van der Waals surface area contributed by atoms with E-state index < -0.39 is 11.6 Å². The van der Waals surface area contributed by atoms with Crippen LogP contribution in [0.1, 0.15) is 11.3 Å². The van der Waals surface area contributed by atoms with Gasteiger partial charge in [-0.3, -0.25) is 4.79 Å². The lowest BCUT2D eigenvalue weighted by atomic mass is 9.98. The molecular formula is C18H16N6O3. The number of carbonyl (C=O) groups excluding carboxylic acids is 1. The highest BCUT2D eigenvalue weighted by Crippen LogP contribution is 2.36. The SMILES string of the molecule is COc1ncccc1C1(C(N)=O)N=Cc2[nH]c(=O)n(-c3ccccc3)c2N1. The zero-order chi connectivity index (χ0) is 19.0. The van der Waals surface area contributed by atoms with Gasteiger partial charge in [-0.05, 0) is 24.3 Å². The van der Waals surface area contributed by atoms with Crippen LogP contribution in [-0.2, 0) is 10.5 Å². The first kappa shape index (κ1) is 16.6. The molecule has 0 fully saturated rings. The number of nitrogens with one attached hydrogen (secondary N) is 2. The molecule has 9 nitrogen and oxygen atoms in total. The van der Waals surface area contributed by atoms with Crippen molar-refractivity contribution in [1.82, 2.24) is 14.5 Å². The smallest absolute Gasteiger partial charge is 0.332 e. The van der Waals surface area contributed by atoms with Crippen LogP contribution in [0.15, 0.2) is 58.4 Å². The molecule has 1 aliphatic heterocycles. The number of aliphatic imine (C=N–C) groups is 1. The van der Waals surface area contributed by atoms with Gasteiger partial charge in [-0.25, -0.2) is 19.3 Å². The van der Waals surface area contributed by atoms with E-state index in [1.54, 1.807) is 24.3 Å². The van der Waals surface area contributed by atoms with Crippen molar-refractivity contribution in [2.75, 3.05) is 12.4 Å². The summed E-state index contributed by atoms with van der Waals surface area (Å²) in [5.41, 5.74) is 5.07. The third-order valence-electron chi connectivity index (χ3n) is 4.34. The summed E-state index contributed by atoms with van der Waals surface area (Å²) in [5, 5.41) is 3.03. The maximum Gasteiger partial charge on any atom is 0.332 e. The molecule has 0 spiro atoms. The molecule has 1 aliphatic rings. The standard InChI is InChI=1S/C18H16N6O3/c1-27-15-12(8-5-9-20-15)18(16(19)25)21-10-13-14(23-18)24(17(26)22-13)11-6-3-2-4-7-11/h2-10,23H,1H3,(H2,19,25)(H,22,26). The summed E-state index contributed by atoms with van der Waals surface area (Å²) in [6, 6.07) is 12.3. The van der Waals surface area contributed by atoms with E-state index in [9.17, 15) is 9.59 Å². The Labute approximate surface area is 153 Å². The van der Waals surface area contributed by atoms with Crippen molar-refractivity contribution in [3.8, 4) is 11.6 Å². The van der Waals surface area contributed by atoms with Gasteiger partial charge in [0, 0.05) is 6.20 Å². The summed E-state index contributed by atoms with van der Waals surface area (Å²) in [5.74, 6) is -0.191. The van der Waals surface area contributed by atoms with Crippen molar-refractivity contribution >= 4 is 17.9 Å². The number of H-pyrrole nitrogens is 1. The molecule has 2 aromatic heterocycles. The Hall–Kier alpha value is -3.88. The van der Waals surface area contributed by atoms with E-state index in [0.717, 1.165) is 0 Å². The number of primary amides is 1. The Morgan fingerprint density at radius 2 is 2.00 bits per heavy atom. The number of rotatable bonds is 4. The van der Waals surface area contributed by atoms with Gasteiger partial charge in [0.15, 0.2) is 0 Å². The lowest BCUT2D eigenvalue weighted by Crippen LogP contribution is -2.48. The number of para-hydroxylation sites is 1. The van der Waals surface area contributed by atoms with Gasteiger partial charge in [-0.1, -0.05) is 18.2 Å². The van der Waals surface area contributed by atoms with Gasteiger partial charge in [0.1, 0.15) is 11.5 Å². The van der Waals surface area contributed by atoms with Gasteiger partial charge in [0.2, 0.25) is 11.5 Å². The fourth-order valence-electron chi connectivity index (χ4n) is 3.08. The summed E-state index contributed by atoms with van der Waals surface area (Å²) >= 11 is 0. The maximum atomic E-state index is 12.5. The van der Waals surface area contributed by atoms with Crippen LogP contribution in [0.25, 0.3) is 5.69 Å². The van der Waals surface area contributed by atoms with Gasteiger partial charge >= 0.3 is 5.69 Å². The summed E-state index contributed by atoms with van der Waals surface area (Å²) in [6.07, 6.45) is 2.94. The van der Waals surface area contributed by atoms with Crippen molar-refractivity contribution in [1.29, 1.82) is 0 Å². The molecule has 0 saturated heterocycles. The number of hydrogen-bond donors (Lipinski definition) is 3. The molecule has 1 unspecified atom stereocenters. The minimum absolute atomic E-state index is 0.202. The van der Waals surface area contributed by atoms with Crippen LogP contribution in [-0.4, -0.2) is 33.8 Å². The number of hydrogen-bond acceptors (Lipinski definition) is 6. The Morgan fingerprint density at radius 1 is 1.22 bits per heavy atom. The van der Waals surface area contributed by atoms with Gasteiger partial charge in [-0.2, -0.15) is 0 Å². The highest BCUT2D eigenvalue weighted by atomic mass is 16.5. The lowest BCUT2D eigenvalue weighted by Gasteiger charge is -2.32. The maximum absolute atomic E-state index is 12.5. The summed E-state index contributed by atoms with van der Waals surface area (Å²) < 4.78 is 6.69. The van der Waals surface area contributed by atoms with Crippen LogP contribution >= 0.6 is 0 Å². The monoisotopic (exact) mass is 364 g/mol. The Morgan fingerprint density at radius 3 is 2.70 bits per heavy atom. The summed E-state index contributed by atoms with van der Waals surface area (Å²) in [4.78, 5) is 36.1. The zero-order valence-electron chi connectivity index (χ0n) is 14.3. The first-order chi connectivity index (χ1) is 13.1. The second-order valence-electron chi connectivity index (χ2n) is 5.88. The van der Waals surface area contributed by atoms with E-state index >= 15 is 0 Å². The molecule has 136 valence electrons. The molecule has 0 radical (unpaired) electrons. The molecule has 4 N–H and O–H groups in total. The quantitative estimate of drug-likeness (QED) is 0.629. The molecule has 9 heteroatoms. The number of ether oxygens (including phenoxy) is 1. The van der Waals surface area contributed by atoms with E-state index in [1.807, 2.05) is 18.2 Å². The average molecular weight is 364 g/mol. The van der Waals surface area contributed by atoms with Gasteiger partial charge < -0.3 is 20.8 Å². The molecule has 1 atom stereocenters.